The Labute approximate surface area is 190 Å². The standard InChI is InChI=1S/C21H29N5O7/c22-17(28)10-14(24-18(29)13-7-4-8-23-13)19(30)26-16(11-27)20(31)25-15(21(32)33)9-12-5-2-1-3-6-12/h1-3,5-6,13-16,23,27H,4,7-11H2,(H2,22,28)(H,24,29)(H,25,31)(H,26,30)(H,32,33). The van der Waals surface area contributed by atoms with Gasteiger partial charge in [-0.2, -0.15) is 0 Å². The van der Waals surface area contributed by atoms with Crippen LogP contribution in [0.25, 0.3) is 0 Å². The van der Waals surface area contributed by atoms with E-state index in [1.165, 1.54) is 0 Å². The Morgan fingerprint density at radius 2 is 1.64 bits per heavy atom. The van der Waals surface area contributed by atoms with Crippen molar-refractivity contribution in [2.45, 2.75) is 49.9 Å². The highest BCUT2D eigenvalue weighted by Crippen LogP contribution is 2.07. The number of aliphatic hydroxyl groups is 1. The van der Waals surface area contributed by atoms with Crippen LogP contribution in [0.15, 0.2) is 30.3 Å². The molecule has 1 saturated heterocycles. The molecule has 1 fully saturated rings. The molecule has 0 aliphatic carbocycles. The molecule has 1 aromatic rings. The molecular formula is C21H29N5O7. The number of rotatable bonds is 12. The van der Waals surface area contributed by atoms with Gasteiger partial charge in [-0.05, 0) is 24.9 Å². The third kappa shape index (κ3) is 8.16. The average molecular weight is 463 g/mol. The topological polar surface area (TPSA) is 200 Å². The van der Waals surface area contributed by atoms with Crippen LogP contribution in [0.5, 0.6) is 0 Å². The number of benzene rings is 1. The third-order valence-corrected chi connectivity index (χ3v) is 5.13. The van der Waals surface area contributed by atoms with Crippen molar-refractivity contribution >= 4 is 29.6 Å². The number of hydrogen-bond donors (Lipinski definition) is 7. The second kappa shape index (κ2) is 12.5. The fourth-order valence-corrected chi connectivity index (χ4v) is 3.38. The minimum atomic E-state index is -1.51. The molecule has 4 unspecified atom stereocenters. The number of aliphatic hydroxyl groups excluding tert-OH is 1. The number of hydrogen-bond acceptors (Lipinski definition) is 7. The van der Waals surface area contributed by atoms with Crippen molar-refractivity contribution in [2.75, 3.05) is 13.2 Å². The van der Waals surface area contributed by atoms with Gasteiger partial charge in [0.05, 0.1) is 19.1 Å². The number of carboxylic acids is 1. The van der Waals surface area contributed by atoms with Crippen LogP contribution < -0.4 is 27.0 Å². The maximum Gasteiger partial charge on any atom is 0.326 e. The first-order valence-corrected chi connectivity index (χ1v) is 10.5. The SMILES string of the molecule is NC(=O)CC(NC(=O)C1CCCN1)C(=O)NC(CO)C(=O)NC(Cc1ccccc1)C(=O)O. The zero-order chi connectivity index (χ0) is 24.4. The van der Waals surface area contributed by atoms with Crippen molar-refractivity contribution < 1.29 is 34.2 Å². The largest absolute Gasteiger partial charge is 0.480 e. The zero-order valence-corrected chi connectivity index (χ0v) is 18.0. The molecule has 0 aromatic heterocycles. The van der Waals surface area contributed by atoms with Crippen molar-refractivity contribution in [2.24, 2.45) is 5.73 Å². The molecule has 0 spiro atoms. The van der Waals surface area contributed by atoms with Crippen LogP contribution in [0.4, 0.5) is 0 Å². The number of primary amides is 1. The Kier molecular flexibility index (Phi) is 9.76. The molecule has 33 heavy (non-hydrogen) atoms. The normalized spacial score (nSPS) is 17.9. The van der Waals surface area contributed by atoms with Gasteiger partial charge in [0.2, 0.25) is 23.6 Å². The van der Waals surface area contributed by atoms with Crippen molar-refractivity contribution in [3.05, 3.63) is 35.9 Å². The lowest BCUT2D eigenvalue weighted by Crippen LogP contribution is -2.58. The van der Waals surface area contributed by atoms with E-state index in [1.807, 2.05) is 0 Å². The second-order valence-electron chi connectivity index (χ2n) is 7.71. The van der Waals surface area contributed by atoms with Crippen LogP contribution in [0.3, 0.4) is 0 Å². The summed E-state index contributed by atoms with van der Waals surface area (Å²) in [6.07, 6.45) is 0.820. The van der Waals surface area contributed by atoms with Gasteiger partial charge in [-0.25, -0.2) is 4.79 Å². The van der Waals surface area contributed by atoms with Gasteiger partial charge in [0, 0.05) is 6.42 Å². The molecule has 0 saturated carbocycles. The summed E-state index contributed by atoms with van der Waals surface area (Å²) in [4.78, 5) is 60.5. The maximum absolute atomic E-state index is 12.7. The molecule has 0 radical (unpaired) electrons. The fraction of sp³-hybridized carbons (Fsp3) is 0.476. The Hall–Kier alpha value is -3.51. The van der Waals surface area contributed by atoms with Gasteiger partial charge in [-0.15, -0.1) is 0 Å². The fourth-order valence-electron chi connectivity index (χ4n) is 3.38. The predicted molar refractivity (Wildman–Crippen MR) is 115 cm³/mol. The van der Waals surface area contributed by atoms with E-state index in [1.54, 1.807) is 30.3 Å². The first kappa shape index (κ1) is 25.7. The number of aliphatic carboxylic acids is 1. The zero-order valence-electron chi connectivity index (χ0n) is 18.0. The molecule has 8 N–H and O–H groups in total. The van der Waals surface area contributed by atoms with E-state index in [4.69, 9.17) is 5.73 Å². The summed E-state index contributed by atoms with van der Waals surface area (Å²) in [6, 6.07) is 3.92. The Balaban J connectivity index is 2.02. The van der Waals surface area contributed by atoms with Crippen LogP contribution in [-0.2, 0) is 30.4 Å². The lowest BCUT2D eigenvalue weighted by molar-refractivity contribution is -0.142. The van der Waals surface area contributed by atoms with Crippen LogP contribution in [0.1, 0.15) is 24.8 Å². The van der Waals surface area contributed by atoms with E-state index in [0.717, 1.165) is 6.42 Å². The highest BCUT2D eigenvalue weighted by atomic mass is 16.4. The molecule has 1 aliphatic heterocycles. The molecule has 1 heterocycles. The van der Waals surface area contributed by atoms with Crippen LogP contribution >= 0.6 is 0 Å². The van der Waals surface area contributed by atoms with Gasteiger partial charge >= 0.3 is 5.97 Å². The van der Waals surface area contributed by atoms with Crippen molar-refractivity contribution in [3.8, 4) is 0 Å². The van der Waals surface area contributed by atoms with Gasteiger partial charge in [0.15, 0.2) is 0 Å². The molecule has 12 nitrogen and oxygen atoms in total. The molecule has 180 valence electrons. The molecule has 0 bridgehead atoms. The molecular weight excluding hydrogens is 434 g/mol. The average Bonchev–Trinajstić information content (AvgIpc) is 3.31. The molecule has 12 heteroatoms. The Morgan fingerprint density at radius 1 is 1.00 bits per heavy atom. The van der Waals surface area contributed by atoms with E-state index >= 15 is 0 Å². The second-order valence-corrected chi connectivity index (χ2v) is 7.71. The van der Waals surface area contributed by atoms with E-state index in [9.17, 15) is 34.2 Å². The first-order chi connectivity index (χ1) is 15.7. The molecule has 4 atom stereocenters. The van der Waals surface area contributed by atoms with Crippen molar-refractivity contribution in [3.63, 3.8) is 0 Å². The van der Waals surface area contributed by atoms with Gasteiger partial charge < -0.3 is 37.2 Å². The summed E-state index contributed by atoms with van der Waals surface area (Å²) in [5.41, 5.74) is 5.84. The van der Waals surface area contributed by atoms with E-state index in [2.05, 4.69) is 21.3 Å². The number of carbonyl (C=O) groups is 5. The highest BCUT2D eigenvalue weighted by molar-refractivity contribution is 5.96. The number of carboxylic acid groups (broad SMARTS) is 1. The van der Waals surface area contributed by atoms with Gasteiger partial charge in [0.25, 0.3) is 0 Å². The highest BCUT2D eigenvalue weighted by Gasteiger charge is 2.32. The summed E-state index contributed by atoms with van der Waals surface area (Å²) in [6.45, 7) is -0.193. The monoisotopic (exact) mass is 463 g/mol. The molecule has 4 amide bonds. The van der Waals surface area contributed by atoms with Crippen molar-refractivity contribution in [1.29, 1.82) is 0 Å². The van der Waals surface area contributed by atoms with Gasteiger partial charge in [-0.1, -0.05) is 30.3 Å². The number of carbonyl (C=O) groups excluding carboxylic acids is 4. The van der Waals surface area contributed by atoms with Crippen LogP contribution in [-0.4, -0.2) is 77.1 Å². The summed E-state index contributed by atoms with van der Waals surface area (Å²) < 4.78 is 0. The van der Waals surface area contributed by atoms with Gasteiger partial charge in [-0.3, -0.25) is 19.2 Å². The lowest BCUT2D eigenvalue weighted by atomic mass is 10.1. The Morgan fingerprint density at radius 3 is 2.18 bits per heavy atom. The number of nitrogens with one attached hydrogen (secondary N) is 4. The third-order valence-electron chi connectivity index (χ3n) is 5.13. The van der Waals surface area contributed by atoms with Crippen molar-refractivity contribution in [1.82, 2.24) is 21.3 Å². The van der Waals surface area contributed by atoms with Crippen LogP contribution in [0, 0.1) is 0 Å². The minimum Gasteiger partial charge on any atom is -0.480 e. The van der Waals surface area contributed by atoms with E-state index in [-0.39, 0.29) is 6.42 Å². The lowest BCUT2D eigenvalue weighted by Gasteiger charge is -2.24. The van der Waals surface area contributed by atoms with Gasteiger partial charge in [0.1, 0.15) is 18.1 Å². The number of nitrogens with two attached hydrogens (primary N) is 1. The quantitative estimate of drug-likeness (QED) is 0.175. The minimum absolute atomic E-state index is 0.0112. The summed E-state index contributed by atoms with van der Waals surface area (Å²) in [7, 11) is 0. The first-order valence-electron chi connectivity index (χ1n) is 10.5. The number of amides is 4. The predicted octanol–water partition coefficient (Wildman–Crippen LogP) is -2.61. The molecule has 2 rings (SSSR count). The molecule has 1 aliphatic rings. The van der Waals surface area contributed by atoms with E-state index < -0.39 is 66.8 Å². The summed E-state index contributed by atoms with van der Waals surface area (Å²) in [5, 5.41) is 28.9. The van der Waals surface area contributed by atoms with Crippen LogP contribution in [0.2, 0.25) is 0 Å². The summed E-state index contributed by atoms with van der Waals surface area (Å²) in [5.74, 6) is -4.49. The maximum atomic E-state index is 12.7. The Bertz CT molecular complexity index is 858. The van der Waals surface area contributed by atoms with E-state index in [0.29, 0.717) is 18.5 Å². The summed E-state index contributed by atoms with van der Waals surface area (Å²) >= 11 is 0. The molecule has 1 aromatic carbocycles. The smallest absolute Gasteiger partial charge is 0.326 e.